The third-order valence-electron chi connectivity index (χ3n) is 3.59. The number of piperidine rings is 1. The summed E-state index contributed by atoms with van der Waals surface area (Å²) in [5.41, 5.74) is -1.24. The first-order valence-corrected chi connectivity index (χ1v) is 7.43. The lowest BCUT2D eigenvalue weighted by atomic mass is 10.0. The van der Waals surface area contributed by atoms with E-state index in [1.807, 2.05) is 7.05 Å². The number of benzene rings is 1. The van der Waals surface area contributed by atoms with Gasteiger partial charge in [-0.25, -0.2) is 0 Å². The van der Waals surface area contributed by atoms with Crippen LogP contribution in [0.4, 0.5) is 13.2 Å². The maximum absolute atomic E-state index is 13.0. The first kappa shape index (κ1) is 16.3. The van der Waals surface area contributed by atoms with E-state index in [2.05, 4.69) is 26.1 Å². The zero-order valence-electron chi connectivity index (χ0n) is 11.5. The van der Waals surface area contributed by atoms with Crippen molar-refractivity contribution < 1.29 is 18.0 Å². The summed E-state index contributed by atoms with van der Waals surface area (Å²) in [4.78, 5) is 14.3. The van der Waals surface area contributed by atoms with E-state index in [1.165, 1.54) is 12.1 Å². The van der Waals surface area contributed by atoms with Crippen molar-refractivity contribution in [3.05, 3.63) is 33.8 Å². The van der Waals surface area contributed by atoms with Gasteiger partial charge in [0.2, 0.25) is 0 Å². The molecule has 0 bridgehead atoms. The van der Waals surface area contributed by atoms with Crippen LogP contribution in [0.25, 0.3) is 0 Å². The Hall–Kier alpha value is -1.08. The van der Waals surface area contributed by atoms with Crippen LogP contribution in [0.15, 0.2) is 22.7 Å². The Kier molecular flexibility index (Phi) is 4.93. The first-order chi connectivity index (χ1) is 9.77. The molecule has 3 nitrogen and oxygen atoms in total. The first-order valence-electron chi connectivity index (χ1n) is 6.63. The molecule has 0 aromatic heterocycles. The maximum Gasteiger partial charge on any atom is 0.417 e. The Morgan fingerprint density at radius 3 is 2.52 bits per heavy atom. The molecule has 2 rings (SSSR count). The molecule has 1 aromatic carbocycles. The molecule has 1 aromatic rings. The molecule has 1 fully saturated rings. The summed E-state index contributed by atoms with van der Waals surface area (Å²) >= 11 is 3.01. The van der Waals surface area contributed by atoms with Gasteiger partial charge in [0.15, 0.2) is 0 Å². The molecule has 1 aliphatic heterocycles. The molecule has 116 valence electrons. The smallest absolute Gasteiger partial charge is 0.349 e. The quantitative estimate of drug-likeness (QED) is 0.873. The lowest BCUT2D eigenvalue weighted by molar-refractivity contribution is -0.138. The number of nitrogens with one attached hydrogen (secondary N) is 1. The van der Waals surface area contributed by atoms with Crippen LogP contribution in [-0.2, 0) is 6.18 Å². The van der Waals surface area contributed by atoms with Gasteiger partial charge >= 0.3 is 6.18 Å². The van der Waals surface area contributed by atoms with Gasteiger partial charge < -0.3 is 10.2 Å². The Bertz CT molecular complexity index is 525. The number of amides is 1. The molecule has 1 aliphatic rings. The van der Waals surface area contributed by atoms with Crippen molar-refractivity contribution in [2.75, 3.05) is 20.1 Å². The predicted molar refractivity (Wildman–Crippen MR) is 77.1 cm³/mol. The standard InChI is InChI=1S/C14H16BrF3N2O/c1-20-6-4-10(5-7-20)19-13(21)11-3-2-9(15)8-12(11)14(16,17)18/h2-3,8,10H,4-7H2,1H3,(H,19,21). The fraction of sp³-hybridized carbons (Fsp3) is 0.500. The molecule has 1 amide bonds. The second kappa shape index (κ2) is 6.36. The Balaban J connectivity index is 2.16. The molecule has 0 saturated carbocycles. The fourth-order valence-corrected chi connectivity index (χ4v) is 2.73. The fourth-order valence-electron chi connectivity index (χ4n) is 2.37. The summed E-state index contributed by atoms with van der Waals surface area (Å²) in [6.45, 7) is 1.66. The number of nitrogens with zero attached hydrogens (tertiary/aromatic N) is 1. The van der Waals surface area contributed by atoms with Crippen LogP contribution in [0, 0.1) is 0 Å². The Morgan fingerprint density at radius 2 is 1.95 bits per heavy atom. The van der Waals surface area contributed by atoms with Crippen LogP contribution in [-0.4, -0.2) is 37.0 Å². The van der Waals surface area contributed by atoms with Crippen molar-refractivity contribution in [2.24, 2.45) is 0 Å². The van der Waals surface area contributed by atoms with Crippen molar-refractivity contribution >= 4 is 21.8 Å². The number of carbonyl (C=O) groups excluding carboxylic acids is 1. The lowest BCUT2D eigenvalue weighted by Crippen LogP contribution is -2.43. The van der Waals surface area contributed by atoms with Gasteiger partial charge in [-0.05, 0) is 51.2 Å². The minimum Gasteiger partial charge on any atom is -0.349 e. The molecule has 0 aliphatic carbocycles. The van der Waals surface area contributed by atoms with Crippen LogP contribution in [0.5, 0.6) is 0 Å². The van der Waals surface area contributed by atoms with Crippen LogP contribution in [0.3, 0.4) is 0 Å². The number of hydrogen-bond donors (Lipinski definition) is 1. The minimum atomic E-state index is -4.55. The highest BCUT2D eigenvalue weighted by Gasteiger charge is 2.35. The average molecular weight is 365 g/mol. The van der Waals surface area contributed by atoms with Crippen molar-refractivity contribution in [1.82, 2.24) is 10.2 Å². The van der Waals surface area contributed by atoms with Gasteiger partial charge in [-0.15, -0.1) is 0 Å². The van der Waals surface area contributed by atoms with Crippen LogP contribution in [0.1, 0.15) is 28.8 Å². The summed E-state index contributed by atoms with van der Waals surface area (Å²) in [6, 6.07) is 3.51. The lowest BCUT2D eigenvalue weighted by Gasteiger charge is -2.29. The monoisotopic (exact) mass is 364 g/mol. The highest BCUT2D eigenvalue weighted by Crippen LogP contribution is 2.34. The van der Waals surface area contributed by atoms with Gasteiger partial charge in [0.05, 0.1) is 11.1 Å². The molecule has 0 unspecified atom stereocenters. The molecule has 1 N–H and O–H groups in total. The van der Waals surface area contributed by atoms with Crippen LogP contribution < -0.4 is 5.32 Å². The van der Waals surface area contributed by atoms with Crippen molar-refractivity contribution in [1.29, 1.82) is 0 Å². The molecule has 0 radical (unpaired) electrons. The largest absolute Gasteiger partial charge is 0.417 e. The normalized spacial score (nSPS) is 17.8. The van der Waals surface area contributed by atoms with E-state index in [1.54, 1.807) is 0 Å². The van der Waals surface area contributed by atoms with E-state index >= 15 is 0 Å². The molecular weight excluding hydrogens is 349 g/mol. The summed E-state index contributed by atoms with van der Waals surface area (Å²) in [5, 5.41) is 2.71. The van der Waals surface area contributed by atoms with E-state index in [9.17, 15) is 18.0 Å². The van der Waals surface area contributed by atoms with Crippen molar-refractivity contribution in [3.8, 4) is 0 Å². The van der Waals surface area contributed by atoms with Gasteiger partial charge in [0.1, 0.15) is 0 Å². The highest BCUT2D eigenvalue weighted by molar-refractivity contribution is 9.10. The third-order valence-corrected chi connectivity index (χ3v) is 4.08. The van der Waals surface area contributed by atoms with E-state index in [0.29, 0.717) is 4.47 Å². The van der Waals surface area contributed by atoms with Gasteiger partial charge in [-0.2, -0.15) is 13.2 Å². The molecule has 0 spiro atoms. The SMILES string of the molecule is CN1CCC(NC(=O)c2ccc(Br)cc2C(F)(F)F)CC1. The summed E-state index contributed by atoms with van der Waals surface area (Å²) < 4.78 is 39.3. The number of carbonyl (C=O) groups is 1. The summed E-state index contributed by atoms with van der Waals surface area (Å²) in [5.74, 6) is -0.663. The van der Waals surface area contributed by atoms with Crippen LogP contribution in [0.2, 0.25) is 0 Å². The van der Waals surface area contributed by atoms with E-state index < -0.39 is 17.6 Å². The third kappa shape index (κ3) is 4.20. The van der Waals surface area contributed by atoms with Gasteiger partial charge in [0.25, 0.3) is 5.91 Å². The highest BCUT2D eigenvalue weighted by atomic mass is 79.9. The minimum absolute atomic E-state index is 0.0709. The number of halogens is 4. The molecule has 0 atom stereocenters. The maximum atomic E-state index is 13.0. The van der Waals surface area contributed by atoms with E-state index in [0.717, 1.165) is 32.0 Å². The van der Waals surface area contributed by atoms with Gasteiger partial charge in [0, 0.05) is 10.5 Å². The number of alkyl halides is 3. The Labute approximate surface area is 129 Å². The number of hydrogen-bond acceptors (Lipinski definition) is 2. The molecule has 1 heterocycles. The molecule has 1 saturated heterocycles. The second-order valence-electron chi connectivity index (χ2n) is 5.24. The second-order valence-corrected chi connectivity index (χ2v) is 6.15. The topological polar surface area (TPSA) is 32.3 Å². The van der Waals surface area contributed by atoms with Gasteiger partial charge in [-0.3, -0.25) is 4.79 Å². The van der Waals surface area contributed by atoms with Crippen molar-refractivity contribution in [2.45, 2.75) is 25.1 Å². The van der Waals surface area contributed by atoms with Crippen LogP contribution >= 0.6 is 15.9 Å². The zero-order chi connectivity index (χ0) is 15.6. The van der Waals surface area contributed by atoms with Gasteiger partial charge in [-0.1, -0.05) is 15.9 Å². The van der Waals surface area contributed by atoms with E-state index in [-0.39, 0.29) is 11.6 Å². The van der Waals surface area contributed by atoms with Crippen molar-refractivity contribution in [3.63, 3.8) is 0 Å². The molecule has 7 heteroatoms. The molecule has 21 heavy (non-hydrogen) atoms. The number of rotatable bonds is 2. The average Bonchev–Trinajstić information content (AvgIpc) is 2.40. The summed E-state index contributed by atoms with van der Waals surface area (Å²) in [6.07, 6.45) is -3.05. The zero-order valence-corrected chi connectivity index (χ0v) is 13.1. The number of likely N-dealkylation sites (tertiary alicyclic amines) is 1. The predicted octanol–water partition coefficient (Wildman–Crippen LogP) is 3.29. The molecular formula is C14H16BrF3N2O. The van der Waals surface area contributed by atoms with E-state index in [4.69, 9.17) is 0 Å². The Morgan fingerprint density at radius 1 is 1.33 bits per heavy atom. The summed E-state index contributed by atoms with van der Waals surface area (Å²) in [7, 11) is 1.98.